The number of para-hydroxylation sites is 4. The molecule has 12 rings (SSSR count). The molecule has 3 heteroatoms. The third-order valence-electron chi connectivity index (χ3n) is 13.2. The zero-order chi connectivity index (χ0) is 41.3. The molecular weight excluding hydrogens is 771 g/mol. The monoisotopic (exact) mass is 813 g/mol. The Morgan fingerprint density at radius 1 is 0.500 bits per heavy atom. The smallest absolute Gasteiger partial charge is 0.143 e. The number of rotatable bonds is 8. The maximum Gasteiger partial charge on any atom is 0.143 e. The third-order valence-corrected chi connectivity index (χ3v) is 14.4. The number of hydrogen-bond donors (Lipinski definition) is 0. The Hall–Kier alpha value is -7.20. The van der Waals surface area contributed by atoms with Crippen LogP contribution >= 0.6 is 11.3 Å². The highest BCUT2D eigenvalue weighted by Crippen LogP contribution is 2.46. The van der Waals surface area contributed by atoms with Gasteiger partial charge in [-0.1, -0.05) is 140 Å². The molecule has 3 aromatic heterocycles. The average Bonchev–Trinajstić information content (AvgIpc) is 4.01. The lowest BCUT2D eigenvalue weighted by Crippen LogP contribution is -2.04. The maximum atomic E-state index is 6.66. The standard InChI is InChI=1S/C59H43NOS/c1-3-38(42-35-52-47-22-11-14-27-57(47)62-59(52)53(36-42)49-24-15-23-48-46-21-10-13-26-56(46)61-58(48)49)32-41-16-7-8-19-44(41)50-33-39(29-28-37(50)2)40-30-31-55-51(34-40)45-20-9-12-25-54(45)60(55)43-17-5-4-6-18-43/h4-31,33-36,38H,3,32H2,1-2H3. The van der Waals surface area contributed by atoms with Crippen molar-refractivity contribution in [3.8, 4) is 39.1 Å². The Balaban J connectivity index is 0.960. The van der Waals surface area contributed by atoms with Crippen molar-refractivity contribution in [3.63, 3.8) is 0 Å². The van der Waals surface area contributed by atoms with Gasteiger partial charge >= 0.3 is 0 Å². The average molecular weight is 814 g/mol. The predicted molar refractivity (Wildman–Crippen MR) is 265 cm³/mol. The summed E-state index contributed by atoms with van der Waals surface area (Å²) in [6.07, 6.45) is 1.95. The number of benzene rings is 9. The zero-order valence-corrected chi connectivity index (χ0v) is 35.5. The SMILES string of the molecule is CCC(Cc1ccccc1-c1cc(-c2ccc3c(c2)c2ccccc2n3-c2ccccc2)ccc1C)c1cc(-c2cccc3c2oc2ccccc23)c2sc3ccccc3c2c1. The highest BCUT2D eigenvalue weighted by atomic mass is 32.1. The lowest BCUT2D eigenvalue weighted by molar-refractivity contribution is 0.661. The van der Waals surface area contributed by atoms with Gasteiger partial charge in [0.25, 0.3) is 0 Å². The fourth-order valence-electron chi connectivity index (χ4n) is 10.1. The fourth-order valence-corrected chi connectivity index (χ4v) is 11.3. The molecule has 9 aromatic carbocycles. The van der Waals surface area contributed by atoms with Crippen LogP contribution in [0.2, 0.25) is 0 Å². The molecule has 0 aliphatic carbocycles. The lowest BCUT2D eigenvalue weighted by atomic mass is 9.84. The van der Waals surface area contributed by atoms with Crippen LogP contribution in [0.5, 0.6) is 0 Å². The summed E-state index contributed by atoms with van der Waals surface area (Å²) in [7, 11) is 0. The van der Waals surface area contributed by atoms with E-state index in [0.29, 0.717) is 5.92 Å². The van der Waals surface area contributed by atoms with E-state index in [2.05, 4.69) is 213 Å². The third kappa shape index (κ3) is 5.91. The summed E-state index contributed by atoms with van der Waals surface area (Å²) in [5.41, 5.74) is 17.0. The molecule has 0 fully saturated rings. The molecule has 1 unspecified atom stereocenters. The van der Waals surface area contributed by atoms with Gasteiger partial charge in [-0.3, -0.25) is 0 Å². The van der Waals surface area contributed by atoms with E-state index < -0.39 is 0 Å². The maximum absolute atomic E-state index is 6.66. The van der Waals surface area contributed by atoms with E-state index in [9.17, 15) is 0 Å². The second-order valence-electron chi connectivity index (χ2n) is 16.7. The molecule has 0 saturated heterocycles. The van der Waals surface area contributed by atoms with Crippen molar-refractivity contribution in [3.05, 3.63) is 211 Å². The van der Waals surface area contributed by atoms with Crippen LogP contribution in [0.1, 0.15) is 36.0 Å². The van der Waals surface area contributed by atoms with Crippen molar-refractivity contribution in [1.82, 2.24) is 4.57 Å². The van der Waals surface area contributed by atoms with E-state index in [1.165, 1.54) is 92.2 Å². The van der Waals surface area contributed by atoms with E-state index in [0.717, 1.165) is 40.3 Å². The van der Waals surface area contributed by atoms with Gasteiger partial charge in [-0.05, 0) is 125 Å². The summed E-state index contributed by atoms with van der Waals surface area (Å²) in [6.45, 7) is 4.60. The Morgan fingerprint density at radius 3 is 2.08 bits per heavy atom. The molecule has 0 N–H and O–H groups in total. The number of fused-ring (bicyclic) bond motifs is 9. The molecule has 3 heterocycles. The van der Waals surface area contributed by atoms with Crippen LogP contribution in [0.15, 0.2) is 199 Å². The second kappa shape index (κ2) is 14.8. The van der Waals surface area contributed by atoms with Gasteiger partial charge in [-0.25, -0.2) is 0 Å². The molecule has 2 nitrogen and oxygen atoms in total. The first-order valence-corrected chi connectivity index (χ1v) is 22.6. The van der Waals surface area contributed by atoms with Gasteiger partial charge in [0.15, 0.2) is 0 Å². The van der Waals surface area contributed by atoms with Crippen LogP contribution in [0.3, 0.4) is 0 Å². The second-order valence-corrected chi connectivity index (χ2v) is 17.8. The molecule has 12 aromatic rings. The zero-order valence-electron chi connectivity index (χ0n) is 34.7. The normalized spacial score (nSPS) is 12.4. The largest absolute Gasteiger partial charge is 0.455 e. The van der Waals surface area contributed by atoms with Crippen LogP contribution in [-0.2, 0) is 6.42 Å². The van der Waals surface area contributed by atoms with Crippen LogP contribution in [-0.4, -0.2) is 4.57 Å². The van der Waals surface area contributed by atoms with Gasteiger partial charge in [0.1, 0.15) is 11.2 Å². The highest BCUT2D eigenvalue weighted by Gasteiger charge is 2.22. The van der Waals surface area contributed by atoms with Crippen molar-refractivity contribution in [2.24, 2.45) is 0 Å². The Morgan fingerprint density at radius 2 is 1.19 bits per heavy atom. The van der Waals surface area contributed by atoms with Crippen molar-refractivity contribution < 1.29 is 4.42 Å². The topological polar surface area (TPSA) is 18.1 Å². The van der Waals surface area contributed by atoms with Gasteiger partial charge in [0.05, 0.1) is 11.0 Å². The van der Waals surface area contributed by atoms with E-state index in [1.807, 2.05) is 11.3 Å². The molecule has 1 atom stereocenters. The molecule has 0 amide bonds. The van der Waals surface area contributed by atoms with Crippen molar-refractivity contribution in [2.45, 2.75) is 32.6 Å². The minimum Gasteiger partial charge on any atom is -0.455 e. The quantitative estimate of drug-likeness (QED) is 0.149. The van der Waals surface area contributed by atoms with Crippen molar-refractivity contribution >= 4 is 75.3 Å². The molecule has 0 saturated carbocycles. The molecule has 0 bridgehead atoms. The number of thiophene rings is 1. The van der Waals surface area contributed by atoms with Gasteiger partial charge in [-0.2, -0.15) is 0 Å². The van der Waals surface area contributed by atoms with Crippen LogP contribution in [0.4, 0.5) is 0 Å². The van der Waals surface area contributed by atoms with E-state index >= 15 is 0 Å². The van der Waals surface area contributed by atoms with E-state index in [1.54, 1.807) is 0 Å². The molecule has 0 spiro atoms. The number of hydrogen-bond acceptors (Lipinski definition) is 2. The number of aryl methyl sites for hydroxylation is 1. The molecule has 296 valence electrons. The minimum absolute atomic E-state index is 0.306. The molecular formula is C59H43NOS. The summed E-state index contributed by atoms with van der Waals surface area (Å²) >= 11 is 1.89. The predicted octanol–water partition coefficient (Wildman–Crippen LogP) is 17.1. The van der Waals surface area contributed by atoms with Crippen LogP contribution in [0, 0.1) is 6.92 Å². The number of nitrogens with zero attached hydrogens (tertiary/aromatic N) is 1. The Labute approximate surface area is 364 Å². The van der Waals surface area contributed by atoms with Crippen molar-refractivity contribution in [2.75, 3.05) is 0 Å². The summed E-state index contributed by atoms with van der Waals surface area (Å²) < 4.78 is 11.7. The summed E-state index contributed by atoms with van der Waals surface area (Å²) in [5, 5.41) is 7.49. The van der Waals surface area contributed by atoms with Crippen LogP contribution < -0.4 is 0 Å². The summed E-state index contributed by atoms with van der Waals surface area (Å²) in [5.74, 6) is 0.306. The number of aromatic nitrogens is 1. The summed E-state index contributed by atoms with van der Waals surface area (Å²) in [6, 6.07) is 71.4. The molecule has 0 radical (unpaired) electrons. The first-order chi connectivity index (χ1) is 30.6. The summed E-state index contributed by atoms with van der Waals surface area (Å²) in [4.78, 5) is 0. The number of furan rings is 1. The van der Waals surface area contributed by atoms with Gasteiger partial charge in [0.2, 0.25) is 0 Å². The van der Waals surface area contributed by atoms with Gasteiger partial charge in [-0.15, -0.1) is 11.3 Å². The first-order valence-electron chi connectivity index (χ1n) is 21.7. The fraction of sp³-hybridized carbons (Fsp3) is 0.0847. The van der Waals surface area contributed by atoms with Gasteiger partial charge in [0, 0.05) is 58.5 Å². The highest BCUT2D eigenvalue weighted by molar-refractivity contribution is 7.26. The minimum atomic E-state index is 0.306. The molecule has 62 heavy (non-hydrogen) atoms. The Kier molecular flexibility index (Phi) is 8.72. The van der Waals surface area contributed by atoms with Crippen LogP contribution in [0.25, 0.3) is 103 Å². The van der Waals surface area contributed by atoms with Gasteiger partial charge < -0.3 is 8.98 Å². The van der Waals surface area contributed by atoms with E-state index in [4.69, 9.17) is 4.42 Å². The van der Waals surface area contributed by atoms with E-state index in [-0.39, 0.29) is 0 Å². The van der Waals surface area contributed by atoms with Crippen molar-refractivity contribution in [1.29, 1.82) is 0 Å². The Bertz CT molecular complexity index is 3680. The molecule has 0 aliphatic heterocycles. The molecule has 0 aliphatic rings. The lowest BCUT2D eigenvalue weighted by Gasteiger charge is -2.21. The first kappa shape index (κ1) is 36.6.